The predicted molar refractivity (Wildman–Crippen MR) is 77.9 cm³/mol. The summed E-state index contributed by atoms with van der Waals surface area (Å²) in [5, 5.41) is 10.3. The maximum absolute atomic E-state index is 12.2. The quantitative estimate of drug-likeness (QED) is 0.737. The molecule has 0 atom stereocenters. The summed E-state index contributed by atoms with van der Waals surface area (Å²) in [6.45, 7) is 0. The topological polar surface area (TPSA) is 50.2 Å². The monoisotopic (exact) mass is 263 g/mol. The standard InChI is InChI=1S/C17H13NO2/c19-15-7-5-13(6-8-15)17(20)10-12-9-14-3-1-2-4-16(14)18-11-12/h1-9,11,19H,10H2. The van der Waals surface area contributed by atoms with Crippen molar-refractivity contribution in [2.24, 2.45) is 0 Å². The molecule has 0 bridgehead atoms. The largest absolute Gasteiger partial charge is 0.508 e. The molecule has 0 saturated carbocycles. The third kappa shape index (κ3) is 2.52. The van der Waals surface area contributed by atoms with Gasteiger partial charge >= 0.3 is 0 Å². The Labute approximate surface area is 116 Å². The van der Waals surface area contributed by atoms with E-state index in [1.807, 2.05) is 30.3 Å². The highest BCUT2D eigenvalue weighted by Crippen LogP contribution is 2.16. The fourth-order valence-electron chi connectivity index (χ4n) is 2.15. The SMILES string of the molecule is O=C(Cc1cnc2ccccc2c1)c1ccc(O)cc1. The number of fused-ring (bicyclic) bond motifs is 1. The molecule has 0 saturated heterocycles. The van der Waals surface area contributed by atoms with Gasteiger partial charge in [-0.3, -0.25) is 9.78 Å². The van der Waals surface area contributed by atoms with Crippen molar-refractivity contribution >= 4 is 16.7 Å². The molecule has 0 aliphatic rings. The van der Waals surface area contributed by atoms with Gasteiger partial charge in [-0.05, 0) is 42.0 Å². The zero-order chi connectivity index (χ0) is 13.9. The van der Waals surface area contributed by atoms with Crippen LogP contribution in [0.5, 0.6) is 5.75 Å². The number of hydrogen-bond acceptors (Lipinski definition) is 3. The second-order valence-corrected chi connectivity index (χ2v) is 4.68. The van der Waals surface area contributed by atoms with Gasteiger partial charge in [0.05, 0.1) is 5.52 Å². The van der Waals surface area contributed by atoms with Crippen LogP contribution in [0, 0.1) is 0 Å². The molecule has 20 heavy (non-hydrogen) atoms. The number of carbonyl (C=O) groups is 1. The smallest absolute Gasteiger partial charge is 0.167 e. The number of aromatic nitrogens is 1. The van der Waals surface area contributed by atoms with E-state index in [0.717, 1.165) is 16.5 Å². The number of carbonyl (C=O) groups excluding carboxylic acids is 1. The number of benzene rings is 2. The van der Waals surface area contributed by atoms with E-state index in [0.29, 0.717) is 12.0 Å². The van der Waals surface area contributed by atoms with Crippen LogP contribution >= 0.6 is 0 Å². The Bertz CT molecular complexity index is 763. The summed E-state index contributed by atoms with van der Waals surface area (Å²) in [5.74, 6) is 0.177. The number of hydrogen-bond donors (Lipinski definition) is 1. The van der Waals surface area contributed by atoms with Crippen molar-refractivity contribution < 1.29 is 9.90 Å². The van der Waals surface area contributed by atoms with E-state index >= 15 is 0 Å². The molecule has 0 fully saturated rings. The molecule has 0 amide bonds. The van der Waals surface area contributed by atoms with Crippen LogP contribution in [-0.4, -0.2) is 15.9 Å². The summed E-state index contributed by atoms with van der Waals surface area (Å²) in [7, 11) is 0. The summed E-state index contributed by atoms with van der Waals surface area (Å²) in [4.78, 5) is 16.5. The fourth-order valence-corrected chi connectivity index (χ4v) is 2.15. The summed E-state index contributed by atoms with van der Waals surface area (Å²) >= 11 is 0. The van der Waals surface area contributed by atoms with Crippen LogP contribution in [0.15, 0.2) is 60.8 Å². The Kier molecular flexibility index (Phi) is 3.17. The minimum absolute atomic E-state index is 0.0158. The number of para-hydroxylation sites is 1. The van der Waals surface area contributed by atoms with Crippen molar-refractivity contribution in [1.29, 1.82) is 0 Å². The Morgan fingerprint density at radius 2 is 1.80 bits per heavy atom. The van der Waals surface area contributed by atoms with Crippen LogP contribution in [-0.2, 0) is 6.42 Å². The van der Waals surface area contributed by atoms with Crippen LogP contribution < -0.4 is 0 Å². The lowest BCUT2D eigenvalue weighted by Crippen LogP contribution is -2.03. The van der Waals surface area contributed by atoms with Crippen molar-refractivity contribution in [3.63, 3.8) is 0 Å². The minimum Gasteiger partial charge on any atom is -0.508 e. The zero-order valence-corrected chi connectivity index (χ0v) is 10.8. The summed E-state index contributed by atoms with van der Waals surface area (Å²) in [6, 6.07) is 16.1. The summed E-state index contributed by atoms with van der Waals surface area (Å²) in [6.07, 6.45) is 2.04. The van der Waals surface area contributed by atoms with Gasteiger partial charge in [-0.25, -0.2) is 0 Å². The first-order chi connectivity index (χ1) is 9.72. The van der Waals surface area contributed by atoms with Crippen LogP contribution in [0.2, 0.25) is 0 Å². The van der Waals surface area contributed by atoms with Crippen molar-refractivity contribution in [1.82, 2.24) is 4.98 Å². The van der Waals surface area contributed by atoms with Crippen molar-refractivity contribution in [2.75, 3.05) is 0 Å². The Hall–Kier alpha value is -2.68. The van der Waals surface area contributed by atoms with E-state index in [4.69, 9.17) is 0 Å². The lowest BCUT2D eigenvalue weighted by Gasteiger charge is -2.03. The van der Waals surface area contributed by atoms with E-state index in [2.05, 4.69) is 4.98 Å². The molecule has 1 N–H and O–H groups in total. The molecule has 3 nitrogen and oxygen atoms in total. The van der Waals surface area contributed by atoms with Crippen LogP contribution in [0.1, 0.15) is 15.9 Å². The van der Waals surface area contributed by atoms with Gasteiger partial charge in [0, 0.05) is 23.6 Å². The normalized spacial score (nSPS) is 10.6. The van der Waals surface area contributed by atoms with E-state index in [1.54, 1.807) is 18.3 Å². The summed E-state index contributed by atoms with van der Waals surface area (Å²) in [5.41, 5.74) is 2.41. The first kappa shape index (κ1) is 12.4. The maximum Gasteiger partial charge on any atom is 0.167 e. The van der Waals surface area contributed by atoms with Gasteiger partial charge in [0.15, 0.2) is 5.78 Å². The molecule has 0 spiro atoms. The average Bonchev–Trinajstić information content (AvgIpc) is 2.48. The molecule has 0 radical (unpaired) electrons. The molecule has 0 aliphatic heterocycles. The third-order valence-corrected chi connectivity index (χ3v) is 3.20. The molecule has 2 aromatic carbocycles. The van der Waals surface area contributed by atoms with E-state index in [1.165, 1.54) is 12.1 Å². The third-order valence-electron chi connectivity index (χ3n) is 3.20. The number of rotatable bonds is 3. The number of phenolic OH excluding ortho intramolecular Hbond substituents is 1. The molecule has 1 aromatic heterocycles. The Morgan fingerprint density at radius 1 is 1.05 bits per heavy atom. The van der Waals surface area contributed by atoms with Crippen molar-refractivity contribution in [3.8, 4) is 5.75 Å². The van der Waals surface area contributed by atoms with Crippen LogP contribution in [0.3, 0.4) is 0 Å². The molecular formula is C17H13NO2. The number of Topliss-reactive ketones (excluding diaryl/α,β-unsaturated/α-hetero) is 1. The molecule has 0 unspecified atom stereocenters. The van der Waals surface area contributed by atoms with Crippen molar-refractivity contribution in [3.05, 3.63) is 71.9 Å². The molecular weight excluding hydrogens is 250 g/mol. The molecule has 3 rings (SSSR count). The van der Waals surface area contributed by atoms with E-state index in [-0.39, 0.29) is 11.5 Å². The maximum atomic E-state index is 12.2. The average molecular weight is 263 g/mol. The lowest BCUT2D eigenvalue weighted by molar-refractivity contribution is 0.0993. The molecule has 3 aromatic rings. The molecule has 98 valence electrons. The predicted octanol–water partition coefficient (Wildman–Crippen LogP) is 3.37. The Balaban J connectivity index is 1.85. The number of pyridine rings is 1. The highest BCUT2D eigenvalue weighted by Gasteiger charge is 2.08. The van der Waals surface area contributed by atoms with E-state index in [9.17, 15) is 9.90 Å². The van der Waals surface area contributed by atoms with Crippen molar-refractivity contribution in [2.45, 2.75) is 6.42 Å². The van der Waals surface area contributed by atoms with E-state index < -0.39 is 0 Å². The number of aromatic hydroxyl groups is 1. The van der Waals surface area contributed by atoms with Gasteiger partial charge < -0.3 is 5.11 Å². The van der Waals surface area contributed by atoms with Gasteiger partial charge in [0.25, 0.3) is 0 Å². The second-order valence-electron chi connectivity index (χ2n) is 4.68. The number of nitrogens with zero attached hydrogens (tertiary/aromatic N) is 1. The van der Waals surface area contributed by atoms with Crippen LogP contribution in [0.4, 0.5) is 0 Å². The second kappa shape index (κ2) is 5.13. The van der Waals surface area contributed by atoms with Gasteiger partial charge in [-0.2, -0.15) is 0 Å². The number of ketones is 1. The highest BCUT2D eigenvalue weighted by molar-refractivity contribution is 5.98. The van der Waals surface area contributed by atoms with Gasteiger partial charge in [0.2, 0.25) is 0 Å². The molecule has 0 aliphatic carbocycles. The minimum atomic E-state index is 0.0158. The zero-order valence-electron chi connectivity index (χ0n) is 10.8. The lowest BCUT2D eigenvalue weighted by atomic mass is 10.0. The van der Waals surface area contributed by atoms with Gasteiger partial charge in [0.1, 0.15) is 5.75 Å². The fraction of sp³-hybridized carbons (Fsp3) is 0.0588. The molecule has 3 heteroatoms. The van der Waals surface area contributed by atoms with Gasteiger partial charge in [-0.1, -0.05) is 18.2 Å². The first-order valence-corrected chi connectivity index (χ1v) is 6.38. The Morgan fingerprint density at radius 3 is 2.60 bits per heavy atom. The molecule has 1 heterocycles. The van der Waals surface area contributed by atoms with Gasteiger partial charge in [-0.15, -0.1) is 0 Å². The summed E-state index contributed by atoms with van der Waals surface area (Å²) < 4.78 is 0. The highest BCUT2D eigenvalue weighted by atomic mass is 16.3. The first-order valence-electron chi connectivity index (χ1n) is 6.38. The number of phenols is 1. The van der Waals surface area contributed by atoms with Crippen LogP contribution in [0.25, 0.3) is 10.9 Å².